The van der Waals surface area contributed by atoms with Crippen LogP contribution in [0.15, 0.2) is 36.2 Å². The molecule has 0 aromatic rings. The summed E-state index contributed by atoms with van der Waals surface area (Å²) in [4.78, 5) is 0. The van der Waals surface area contributed by atoms with Crippen LogP contribution >= 0.6 is 9.24 Å². The maximum atomic E-state index is 3.62. The van der Waals surface area contributed by atoms with Gasteiger partial charge in [-0.3, -0.25) is 0 Å². The fraction of sp³-hybridized carbons (Fsp3) is 0.250. The van der Waals surface area contributed by atoms with Crippen LogP contribution in [0.1, 0.15) is 13.3 Å². The molecule has 1 heteroatoms. The molecule has 0 heterocycles. The standard InChI is InChI=1S/C8H13P/c1-3-5-6-7-8(9)4-2/h4-7H,2-3,9H2,1H3/b6-5-,8-7+. The minimum atomic E-state index is 1.09. The van der Waals surface area contributed by atoms with Crippen molar-refractivity contribution in [3.63, 3.8) is 0 Å². The fourth-order valence-corrected chi connectivity index (χ4v) is 0.494. The molecule has 0 aliphatic rings. The highest BCUT2D eigenvalue weighted by molar-refractivity contribution is 7.22. The minimum Gasteiger partial charge on any atom is -0.106 e. The van der Waals surface area contributed by atoms with Crippen molar-refractivity contribution in [1.29, 1.82) is 0 Å². The van der Waals surface area contributed by atoms with Gasteiger partial charge in [-0.25, -0.2) is 0 Å². The van der Waals surface area contributed by atoms with E-state index in [4.69, 9.17) is 0 Å². The zero-order valence-electron chi connectivity index (χ0n) is 5.80. The Balaban J connectivity index is 3.68. The summed E-state index contributed by atoms with van der Waals surface area (Å²) < 4.78 is 0. The molecule has 0 spiro atoms. The van der Waals surface area contributed by atoms with Crippen molar-refractivity contribution in [1.82, 2.24) is 0 Å². The molecule has 0 saturated carbocycles. The van der Waals surface area contributed by atoms with E-state index >= 15 is 0 Å². The van der Waals surface area contributed by atoms with Gasteiger partial charge in [0.25, 0.3) is 0 Å². The molecular weight excluding hydrogens is 127 g/mol. The predicted octanol–water partition coefficient (Wildman–Crippen LogP) is 2.90. The SMILES string of the molecule is C=C/C(P)=C\C=C/CC. The molecule has 0 aromatic heterocycles. The topological polar surface area (TPSA) is 0 Å². The molecule has 0 bridgehead atoms. The maximum absolute atomic E-state index is 3.62. The van der Waals surface area contributed by atoms with E-state index in [9.17, 15) is 0 Å². The molecule has 9 heavy (non-hydrogen) atoms. The van der Waals surface area contributed by atoms with E-state index in [-0.39, 0.29) is 0 Å². The minimum absolute atomic E-state index is 1.09. The molecule has 0 aliphatic heterocycles. The van der Waals surface area contributed by atoms with E-state index < -0.39 is 0 Å². The molecule has 0 fully saturated rings. The summed E-state index contributed by atoms with van der Waals surface area (Å²) in [5.41, 5.74) is 0. The van der Waals surface area contributed by atoms with Crippen LogP contribution in [0.2, 0.25) is 0 Å². The van der Waals surface area contributed by atoms with Crippen molar-refractivity contribution in [2.24, 2.45) is 0 Å². The van der Waals surface area contributed by atoms with E-state index in [0.29, 0.717) is 0 Å². The van der Waals surface area contributed by atoms with Crippen LogP contribution < -0.4 is 0 Å². The van der Waals surface area contributed by atoms with E-state index in [1.165, 1.54) is 0 Å². The summed E-state index contributed by atoms with van der Waals surface area (Å²) in [7, 11) is 2.60. The van der Waals surface area contributed by atoms with Gasteiger partial charge in [0.05, 0.1) is 0 Å². The third kappa shape index (κ3) is 5.52. The summed E-state index contributed by atoms with van der Waals surface area (Å²) in [5.74, 6) is 0. The highest BCUT2D eigenvalue weighted by Crippen LogP contribution is 2.04. The quantitative estimate of drug-likeness (QED) is 0.417. The molecule has 0 radical (unpaired) electrons. The van der Waals surface area contributed by atoms with Crippen LogP contribution in [-0.4, -0.2) is 0 Å². The van der Waals surface area contributed by atoms with Crippen molar-refractivity contribution in [2.45, 2.75) is 13.3 Å². The molecule has 0 nitrogen and oxygen atoms in total. The summed E-state index contributed by atoms with van der Waals surface area (Å²) in [6.07, 6.45) is 9.05. The van der Waals surface area contributed by atoms with Crippen LogP contribution in [0.3, 0.4) is 0 Å². The number of hydrogen-bond acceptors (Lipinski definition) is 0. The molecule has 0 N–H and O–H groups in total. The molecule has 0 rings (SSSR count). The Bertz CT molecular complexity index is 132. The number of rotatable bonds is 3. The van der Waals surface area contributed by atoms with Crippen LogP contribution in [0.25, 0.3) is 0 Å². The molecule has 0 aromatic carbocycles. The third-order valence-corrected chi connectivity index (χ3v) is 1.32. The van der Waals surface area contributed by atoms with E-state index in [1.807, 2.05) is 18.2 Å². The molecule has 1 atom stereocenters. The van der Waals surface area contributed by atoms with Crippen LogP contribution in [0.5, 0.6) is 0 Å². The maximum Gasteiger partial charge on any atom is -0.0309 e. The zero-order chi connectivity index (χ0) is 7.11. The lowest BCUT2D eigenvalue weighted by Gasteiger charge is -1.82. The second kappa shape index (κ2) is 5.78. The average molecular weight is 140 g/mol. The normalized spacial score (nSPS) is 12.4. The van der Waals surface area contributed by atoms with Gasteiger partial charge in [0.15, 0.2) is 0 Å². The van der Waals surface area contributed by atoms with Crippen molar-refractivity contribution in [3.05, 3.63) is 36.2 Å². The Kier molecular flexibility index (Phi) is 5.56. The van der Waals surface area contributed by atoms with Gasteiger partial charge in [-0.15, -0.1) is 9.24 Å². The smallest absolute Gasteiger partial charge is 0.0309 e. The number of allylic oxidation sites excluding steroid dienone is 5. The lowest BCUT2D eigenvalue weighted by Crippen LogP contribution is -1.56. The third-order valence-electron chi connectivity index (χ3n) is 0.896. The molecule has 0 saturated heterocycles. The highest BCUT2D eigenvalue weighted by atomic mass is 31.0. The van der Waals surface area contributed by atoms with Gasteiger partial charge in [-0.1, -0.05) is 37.8 Å². The monoisotopic (exact) mass is 140 g/mol. The highest BCUT2D eigenvalue weighted by Gasteiger charge is 1.71. The first kappa shape index (κ1) is 8.65. The summed E-state index contributed by atoms with van der Waals surface area (Å²) in [6, 6.07) is 0. The first-order chi connectivity index (χ1) is 4.31. The Morgan fingerprint density at radius 1 is 1.67 bits per heavy atom. The van der Waals surface area contributed by atoms with E-state index in [0.717, 1.165) is 11.7 Å². The van der Waals surface area contributed by atoms with E-state index in [2.05, 4.69) is 28.8 Å². The predicted molar refractivity (Wildman–Crippen MR) is 47.4 cm³/mol. The van der Waals surface area contributed by atoms with Gasteiger partial charge in [0, 0.05) is 0 Å². The Morgan fingerprint density at radius 3 is 2.78 bits per heavy atom. The number of hydrogen-bond donors (Lipinski definition) is 0. The van der Waals surface area contributed by atoms with Gasteiger partial charge in [0.2, 0.25) is 0 Å². The first-order valence-corrected chi connectivity index (χ1v) is 3.63. The Morgan fingerprint density at radius 2 is 2.33 bits per heavy atom. The van der Waals surface area contributed by atoms with Gasteiger partial charge >= 0.3 is 0 Å². The largest absolute Gasteiger partial charge is 0.106 e. The van der Waals surface area contributed by atoms with Crippen LogP contribution in [-0.2, 0) is 0 Å². The lowest BCUT2D eigenvalue weighted by atomic mass is 10.4. The van der Waals surface area contributed by atoms with Gasteiger partial charge in [-0.2, -0.15) is 0 Å². The Labute approximate surface area is 59.6 Å². The second-order valence-electron chi connectivity index (χ2n) is 1.71. The molecule has 0 amide bonds. The van der Waals surface area contributed by atoms with Crippen molar-refractivity contribution < 1.29 is 0 Å². The molecular formula is C8H13P. The first-order valence-electron chi connectivity index (χ1n) is 3.06. The summed E-state index contributed by atoms with van der Waals surface area (Å²) >= 11 is 0. The summed E-state index contributed by atoms with van der Waals surface area (Å²) in [6.45, 7) is 5.73. The zero-order valence-corrected chi connectivity index (χ0v) is 6.96. The lowest BCUT2D eigenvalue weighted by molar-refractivity contribution is 1.22. The van der Waals surface area contributed by atoms with Crippen molar-refractivity contribution in [2.75, 3.05) is 0 Å². The second-order valence-corrected chi connectivity index (χ2v) is 2.37. The average Bonchev–Trinajstić information content (AvgIpc) is 1.89. The van der Waals surface area contributed by atoms with Gasteiger partial charge < -0.3 is 0 Å². The molecule has 0 aliphatic carbocycles. The van der Waals surface area contributed by atoms with Gasteiger partial charge in [-0.05, 0) is 11.7 Å². The fourth-order valence-electron chi connectivity index (χ4n) is 0.383. The van der Waals surface area contributed by atoms with Crippen LogP contribution in [0.4, 0.5) is 0 Å². The molecule has 1 unspecified atom stereocenters. The van der Waals surface area contributed by atoms with Crippen LogP contribution in [0, 0.1) is 0 Å². The van der Waals surface area contributed by atoms with E-state index in [1.54, 1.807) is 0 Å². The summed E-state index contributed by atoms with van der Waals surface area (Å²) in [5, 5.41) is 1.12. The van der Waals surface area contributed by atoms with Gasteiger partial charge in [0.1, 0.15) is 0 Å². The molecule has 50 valence electrons. The van der Waals surface area contributed by atoms with Crippen molar-refractivity contribution in [3.8, 4) is 0 Å². The van der Waals surface area contributed by atoms with Crippen molar-refractivity contribution >= 4 is 9.24 Å². The Hall–Kier alpha value is -0.350.